The number of pyridine rings is 1. The Hall–Kier alpha value is -2.74. The number of fused-ring (bicyclic) bond motifs is 1. The van der Waals surface area contributed by atoms with Crippen molar-refractivity contribution in [1.82, 2.24) is 14.8 Å². The Balaban J connectivity index is 2.22. The molecule has 0 radical (unpaired) electrons. The maximum atomic E-state index is 11.6. The summed E-state index contributed by atoms with van der Waals surface area (Å²) in [6.07, 6.45) is 2.64. The number of carbonyl (C=O) groups is 1. The Labute approximate surface area is 144 Å². The number of carboxylic acid groups (broad SMARTS) is 1. The molecule has 3 rings (SSSR count). The zero-order valence-electron chi connectivity index (χ0n) is 14.0. The minimum Gasteiger partial charge on any atom is -0.478 e. The molecule has 0 aliphatic heterocycles. The topological polar surface area (TPSA) is 102 Å². The molecule has 7 nitrogen and oxygen atoms in total. The molecule has 1 N–H and O–H groups in total. The molecular formula is C17H17N3O4S. The zero-order chi connectivity index (χ0) is 18.4. The van der Waals surface area contributed by atoms with E-state index in [1.165, 1.54) is 24.4 Å². The van der Waals surface area contributed by atoms with E-state index >= 15 is 0 Å². The quantitative estimate of drug-likeness (QED) is 0.768. The number of nitrogens with zero attached hydrogens (tertiary/aromatic N) is 3. The number of carboxylic acids is 1. The highest BCUT2D eigenvalue weighted by atomic mass is 32.2. The Morgan fingerprint density at radius 3 is 2.36 bits per heavy atom. The summed E-state index contributed by atoms with van der Waals surface area (Å²) in [5.74, 6) is -1.07. The Morgan fingerprint density at radius 1 is 1.20 bits per heavy atom. The van der Waals surface area contributed by atoms with Gasteiger partial charge in [-0.1, -0.05) is 12.1 Å². The monoisotopic (exact) mass is 359 g/mol. The molecule has 0 unspecified atom stereocenters. The summed E-state index contributed by atoms with van der Waals surface area (Å²) in [5, 5.41) is 14.2. The van der Waals surface area contributed by atoms with Gasteiger partial charge in [0.1, 0.15) is 0 Å². The first kappa shape index (κ1) is 17.1. The fourth-order valence-corrected chi connectivity index (χ4v) is 3.22. The molecule has 0 aliphatic rings. The van der Waals surface area contributed by atoms with Crippen molar-refractivity contribution in [2.75, 3.05) is 6.26 Å². The van der Waals surface area contributed by atoms with Gasteiger partial charge >= 0.3 is 5.97 Å². The van der Waals surface area contributed by atoms with E-state index in [4.69, 9.17) is 0 Å². The standard InChI is InChI=1S/C17H17N3O4S/c1-10(2)20-16-14(9-18-20)13(17(21)22)8-15(19-16)11-4-6-12(7-5-11)25(3,23)24/h4-10H,1-3H3,(H,21,22). The first-order chi connectivity index (χ1) is 11.7. The van der Waals surface area contributed by atoms with Crippen LogP contribution in [0.2, 0.25) is 0 Å². The third kappa shape index (κ3) is 3.12. The van der Waals surface area contributed by atoms with Crippen LogP contribution in [0.1, 0.15) is 30.2 Å². The summed E-state index contributed by atoms with van der Waals surface area (Å²) in [6.45, 7) is 3.87. The second-order valence-electron chi connectivity index (χ2n) is 6.08. The summed E-state index contributed by atoms with van der Waals surface area (Å²) in [7, 11) is -3.30. The molecule has 0 aliphatic carbocycles. The molecule has 130 valence electrons. The molecule has 0 amide bonds. The van der Waals surface area contributed by atoms with Gasteiger partial charge in [-0.05, 0) is 32.0 Å². The maximum absolute atomic E-state index is 11.6. The highest BCUT2D eigenvalue weighted by Crippen LogP contribution is 2.27. The predicted molar refractivity (Wildman–Crippen MR) is 93.4 cm³/mol. The van der Waals surface area contributed by atoms with Crippen LogP contribution in [0.4, 0.5) is 0 Å². The Bertz CT molecular complexity index is 1070. The van der Waals surface area contributed by atoms with E-state index in [-0.39, 0.29) is 16.5 Å². The number of hydrogen-bond donors (Lipinski definition) is 1. The van der Waals surface area contributed by atoms with Crippen LogP contribution in [-0.4, -0.2) is 40.5 Å². The van der Waals surface area contributed by atoms with Gasteiger partial charge in [0.05, 0.1) is 27.7 Å². The van der Waals surface area contributed by atoms with Crippen LogP contribution >= 0.6 is 0 Å². The molecular weight excluding hydrogens is 342 g/mol. The van der Waals surface area contributed by atoms with Gasteiger partial charge in [0.25, 0.3) is 0 Å². The highest BCUT2D eigenvalue weighted by Gasteiger charge is 2.18. The summed E-state index contributed by atoms with van der Waals surface area (Å²) in [6, 6.07) is 7.70. The van der Waals surface area contributed by atoms with Gasteiger partial charge in [-0.2, -0.15) is 5.10 Å². The van der Waals surface area contributed by atoms with Crippen molar-refractivity contribution < 1.29 is 18.3 Å². The molecule has 8 heteroatoms. The SMILES string of the molecule is CC(C)n1ncc2c(C(=O)O)cc(-c3ccc(S(C)(=O)=O)cc3)nc21. The Kier molecular flexibility index (Phi) is 4.08. The highest BCUT2D eigenvalue weighted by molar-refractivity contribution is 7.90. The van der Waals surface area contributed by atoms with E-state index in [0.29, 0.717) is 22.3 Å². The summed E-state index contributed by atoms with van der Waals surface area (Å²) in [5.41, 5.74) is 1.68. The lowest BCUT2D eigenvalue weighted by Gasteiger charge is -2.09. The number of hydrogen-bond acceptors (Lipinski definition) is 5. The van der Waals surface area contributed by atoms with Crippen LogP contribution in [0.15, 0.2) is 41.4 Å². The van der Waals surface area contributed by atoms with Crippen LogP contribution in [0, 0.1) is 0 Å². The molecule has 1 aromatic carbocycles. The first-order valence-corrected chi connectivity index (χ1v) is 9.49. The molecule has 0 fully saturated rings. The van der Waals surface area contributed by atoms with E-state index in [1.54, 1.807) is 16.8 Å². The molecule has 0 bridgehead atoms. The molecule has 0 saturated carbocycles. The van der Waals surface area contributed by atoms with Crippen LogP contribution < -0.4 is 0 Å². The van der Waals surface area contributed by atoms with Gasteiger partial charge in [-0.3, -0.25) is 0 Å². The lowest BCUT2D eigenvalue weighted by Crippen LogP contribution is -2.05. The van der Waals surface area contributed by atoms with E-state index < -0.39 is 15.8 Å². The first-order valence-electron chi connectivity index (χ1n) is 7.60. The van der Waals surface area contributed by atoms with Crippen LogP contribution in [-0.2, 0) is 9.84 Å². The summed E-state index contributed by atoms with van der Waals surface area (Å²) >= 11 is 0. The molecule has 0 atom stereocenters. The number of aromatic nitrogens is 3. The third-order valence-electron chi connectivity index (χ3n) is 3.86. The van der Waals surface area contributed by atoms with Crippen molar-refractivity contribution in [1.29, 1.82) is 0 Å². The molecule has 3 aromatic rings. The minimum atomic E-state index is -3.30. The molecule has 0 spiro atoms. The number of aromatic carboxylic acids is 1. The molecule has 0 saturated heterocycles. The van der Waals surface area contributed by atoms with Gasteiger partial charge in [0.15, 0.2) is 15.5 Å². The second kappa shape index (κ2) is 5.96. The normalized spacial score (nSPS) is 12.0. The molecule has 25 heavy (non-hydrogen) atoms. The number of benzene rings is 1. The predicted octanol–water partition coefficient (Wildman–Crippen LogP) is 2.78. The fourth-order valence-electron chi connectivity index (χ4n) is 2.59. The zero-order valence-corrected chi connectivity index (χ0v) is 14.8. The van der Waals surface area contributed by atoms with Gasteiger partial charge in [-0.25, -0.2) is 22.9 Å². The van der Waals surface area contributed by atoms with Crippen molar-refractivity contribution in [3.8, 4) is 11.3 Å². The fraction of sp³-hybridized carbons (Fsp3) is 0.235. The average Bonchev–Trinajstić information content (AvgIpc) is 2.97. The molecule has 2 aromatic heterocycles. The van der Waals surface area contributed by atoms with Crippen molar-refractivity contribution in [3.63, 3.8) is 0 Å². The van der Waals surface area contributed by atoms with E-state index in [0.717, 1.165) is 6.26 Å². The second-order valence-corrected chi connectivity index (χ2v) is 8.09. The number of rotatable bonds is 4. The largest absolute Gasteiger partial charge is 0.478 e. The van der Waals surface area contributed by atoms with E-state index in [9.17, 15) is 18.3 Å². The van der Waals surface area contributed by atoms with Gasteiger partial charge in [0.2, 0.25) is 0 Å². The van der Waals surface area contributed by atoms with Crippen LogP contribution in [0.25, 0.3) is 22.3 Å². The van der Waals surface area contributed by atoms with Crippen LogP contribution in [0.3, 0.4) is 0 Å². The van der Waals surface area contributed by atoms with Crippen molar-refractivity contribution in [3.05, 3.63) is 42.1 Å². The lowest BCUT2D eigenvalue weighted by molar-refractivity contribution is 0.0699. The Morgan fingerprint density at radius 2 is 1.84 bits per heavy atom. The van der Waals surface area contributed by atoms with E-state index in [1.807, 2.05) is 13.8 Å². The van der Waals surface area contributed by atoms with E-state index in [2.05, 4.69) is 10.1 Å². The molecule has 2 heterocycles. The van der Waals surface area contributed by atoms with Crippen molar-refractivity contribution in [2.24, 2.45) is 0 Å². The summed E-state index contributed by atoms with van der Waals surface area (Å²) < 4.78 is 24.8. The smallest absolute Gasteiger partial charge is 0.336 e. The minimum absolute atomic E-state index is 0.0227. The summed E-state index contributed by atoms with van der Waals surface area (Å²) in [4.78, 5) is 16.4. The van der Waals surface area contributed by atoms with Gasteiger partial charge < -0.3 is 5.11 Å². The van der Waals surface area contributed by atoms with Gasteiger partial charge in [0, 0.05) is 17.9 Å². The average molecular weight is 359 g/mol. The third-order valence-corrected chi connectivity index (χ3v) is 4.99. The van der Waals surface area contributed by atoms with Crippen molar-refractivity contribution in [2.45, 2.75) is 24.8 Å². The van der Waals surface area contributed by atoms with Crippen LogP contribution in [0.5, 0.6) is 0 Å². The van der Waals surface area contributed by atoms with Crippen molar-refractivity contribution >= 4 is 26.8 Å². The maximum Gasteiger partial charge on any atom is 0.336 e. The lowest BCUT2D eigenvalue weighted by atomic mass is 10.1. The number of sulfone groups is 1. The van der Waals surface area contributed by atoms with Gasteiger partial charge in [-0.15, -0.1) is 0 Å².